The number of halogens is 1. The van der Waals surface area contributed by atoms with Crippen LogP contribution in [0.3, 0.4) is 0 Å². The Labute approximate surface area is 126 Å². The number of nitrogens with two attached hydrogens (primary N) is 1. The molecule has 3 N–H and O–H groups in total. The van der Waals surface area contributed by atoms with Crippen molar-refractivity contribution in [3.8, 4) is 22.6 Å². The second kappa shape index (κ2) is 5.13. The summed E-state index contributed by atoms with van der Waals surface area (Å²) in [5.74, 6) is 0.798. The van der Waals surface area contributed by atoms with Crippen LogP contribution in [0.25, 0.3) is 22.6 Å². The fourth-order valence-electron chi connectivity index (χ4n) is 2.21. The lowest BCUT2D eigenvalue weighted by atomic mass is 10.1. The van der Waals surface area contributed by atoms with Crippen molar-refractivity contribution in [2.75, 3.05) is 5.73 Å². The molecule has 0 aliphatic heterocycles. The number of nitrogen functional groups attached to an aromatic ring is 1. The van der Waals surface area contributed by atoms with E-state index in [0.29, 0.717) is 5.69 Å². The molecule has 1 heterocycles. The molecular weight excluding hydrogens is 314 g/mol. The lowest BCUT2D eigenvalue weighted by molar-refractivity contribution is 1.26. The zero-order valence-electron chi connectivity index (χ0n) is 11.0. The summed E-state index contributed by atoms with van der Waals surface area (Å²) < 4.78 is 0.963. The number of aryl methyl sites for hydroxylation is 1. The highest BCUT2D eigenvalue weighted by molar-refractivity contribution is 9.10. The van der Waals surface area contributed by atoms with Crippen molar-refractivity contribution in [1.82, 2.24) is 9.97 Å². The van der Waals surface area contributed by atoms with Crippen molar-refractivity contribution in [1.29, 1.82) is 0 Å². The van der Waals surface area contributed by atoms with E-state index in [1.54, 1.807) is 0 Å². The summed E-state index contributed by atoms with van der Waals surface area (Å²) >= 11 is 3.41. The molecule has 20 heavy (non-hydrogen) atoms. The smallest absolute Gasteiger partial charge is 0.140 e. The van der Waals surface area contributed by atoms with Crippen LogP contribution in [-0.2, 0) is 0 Å². The summed E-state index contributed by atoms with van der Waals surface area (Å²) in [7, 11) is 0. The van der Waals surface area contributed by atoms with Crippen molar-refractivity contribution in [3.63, 3.8) is 0 Å². The first-order valence-electron chi connectivity index (χ1n) is 6.32. The Kier molecular flexibility index (Phi) is 3.32. The molecule has 100 valence electrons. The Morgan fingerprint density at radius 1 is 1.10 bits per heavy atom. The molecule has 3 aromatic rings. The van der Waals surface area contributed by atoms with Crippen LogP contribution >= 0.6 is 15.9 Å². The summed E-state index contributed by atoms with van der Waals surface area (Å²) in [4.78, 5) is 8.00. The number of rotatable bonds is 2. The Balaban J connectivity index is 2.09. The van der Waals surface area contributed by atoms with Crippen molar-refractivity contribution in [3.05, 3.63) is 58.7 Å². The van der Waals surface area contributed by atoms with E-state index in [4.69, 9.17) is 5.73 Å². The maximum absolute atomic E-state index is 6.06. The monoisotopic (exact) mass is 327 g/mol. The number of benzene rings is 2. The van der Waals surface area contributed by atoms with Crippen molar-refractivity contribution < 1.29 is 0 Å². The fourth-order valence-corrected chi connectivity index (χ4v) is 2.59. The molecule has 0 bridgehead atoms. The Hall–Kier alpha value is -2.07. The minimum Gasteiger partial charge on any atom is -0.398 e. The van der Waals surface area contributed by atoms with Crippen molar-refractivity contribution in [2.45, 2.75) is 6.92 Å². The van der Waals surface area contributed by atoms with E-state index in [-0.39, 0.29) is 0 Å². The lowest BCUT2D eigenvalue weighted by Gasteiger charge is -2.02. The molecule has 3 nitrogen and oxygen atoms in total. The van der Waals surface area contributed by atoms with Crippen LogP contribution in [0.1, 0.15) is 5.69 Å². The molecule has 0 radical (unpaired) electrons. The van der Waals surface area contributed by atoms with Crippen LogP contribution < -0.4 is 5.73 Å². The maximum Gasteiger partial charge on any atom is 0.140 e. The second-order valence-electron chi connectivity index (χ2n) is 4.66. The molecule has 0 amide bonds. The highest BCUT2D eigenvalue weighted by Crippen LogP contribution is 2.30. The Morgan fingerprint density at radius 2 is 1.85 bits per heavy atom. The normalized spacial score (nSPS) is 10.7. The molecule has 0 unspecified atom stereocenters. The minimum absolute atomic E-state index is 0.702. The van der Waals surface area contributed by atoms with Gasteiger partial charge in [-0.25, -0.2) is 4.98 Å². The second-order valence-corrected chi connectivity index (χ2v) is 5.57. The first kappa shape index (κ1) is 12.9. The highest BCUT2D eigenvalue weighted by Gasteiger charge is 2.12. The third-order valence-electron chi connectivity index (χ3n) is 3.20. The van der Waals surface area contributed by atoms with Gasteiger partial charge in [-0.2, -0.15) is 0 Å². The van der Waals surface area contributed by atoms with Crippen LogP contribution in [0.5, 0.6) is 0 Å². The first-order valence-corrected chi connectivity index (χ1v) is 7.12. The average molecular weight is 328 g/mol. The van der Waals surface area contributed by atoms with E-state index in [0.717, 1.165) is 32.8 Å². The predicted molar refractivity (Wildman–Crippen MR) is 86.3 cm³/mol. The summed E-state index contributed by atoms with van der Waals surface area (Å²) in [6, 6.07) is 15.9. The molecular formula is C16H14BrN3. The van der Waals surface area contributed by atoms with Gasteiger partial charge in [-0.1, -0.05) is 46.3 Å². The predicted octanol–water partition coefficient (Wildman–Crippen LogP) is 4.40. The largest absolute Gasteiger partial charge is 0.398 e. The molecule has 4 heteroatoms. The number of anilines is 1. The van der Waals surface area contributed by atoms with E-state index in [9.17, 15) is 0 Å². The maximum atomic E-state index is 6.06. The Bertz CT molecular complexity index is 748. The van der Waals surface area contributed by atoms with Gasteiger partial charge in [-0.15, -0.1) is 0 Å². The van der Waals surface area contributed by atoms with Crippen LogP contribution in [-0.4, -0.2) is 9.97 Å². The van der Waals surface area contributed by atoms with Crippen LogP contribution in [0.15, 0.2) is 53.0 Å². The van der Waals surface area contributed by atoms with Gasteiger partial charge in [0.05, 0.1) is 5.69 Å². The number of hydrogen-bond acceptors (Lipinski definition) is 2. The molecule has 0 aliphatic carbocycles. The minimum atomic E-state index is 0.702. The Morgan fingerprint density at radius 3 is 2.55 bits per heavy atom. The molecule has 0 saturated heterocycles. The molecule has 0 spiro atoms. The molecule has 1 aromatic heterocycles. The number of hydrogen-bond donors (Lipinski definition) is 2. The first-order chi connectivity index (χ1) is 9.65. The summed E-state index contributed by atoms with van der Waals surface area (Å²) in [6.45, 7) is 2.02. The quantitative estimate of drug-likeness (QED) is 0.685. The van der Waals surface area contributed by atoms with Crippen LogP contribution in [0, 0.1) is 6.92 Å². The molecule has 0 saturated carbocycles. The molecule has 2 aromatic carbocycles. The average Bonchev–Trinajstić information content (AvgIpc) is 2.81. The molecule has 0 atom stereocenters. The summed E-state index contributed by atoms with van der Waals surface area (Å²) in [6.07, 6.45) is 0. The van der Waals surface area contributed by atoms with E-state index < -0.39 is 0 Å². The molecule has 0 fully saturated rings. The van der Waals surface area contributed by atoms with E-state index >= 15 is 0 Å². The lowest BCUT2D eigenvalue weighted by Crippen LogP contribution is -1.91. The zero-order chi connectivity index (χ0) is 14.1. The summed E-state index contributed by atoms with van der Waals surface area (Å²) in [5, 5.41) is 0. The number of imidazole rings is 1. The number of nitrogens with zero attached hydrogens (tertiary/aromatic N) is 1. The van der Waals surface area contributed by atoms with Gasteiger partial charge >= 0.3 is 0 Å². The number of aromatic amines is 1. The van der Waals surface area contributed by atoms with Crippen LogP contribution in [0.2, 0.25) is 0 Å². The van der Waals surface area contributed by atoms with Gasteiger partial charge in [0, 0.05) is 27.0 Å². The fraction of sp³-hybridized carbons (Fsp3) is 0.0625. The zero-order valence-corrected chi connectivity index (χ0v) is 12.6. The van der Waals surface area contributed by atoms with Gasteiger partial charge < -0.3 is 10.7 Å². The topological polar surface area (TPSA) is 54.7 Å². The van der Waals surface area contributed by atoms with Crippen molar-refractivity contribution in [2.24, 2.45) is 0 Å². The third-order valence-corrected chi connectivity index (χ3v) is 3.69. The van der Waals surface area contributed by atoms with Gasteiger partial charge in [0.25, 0.3) is 0 Å². The number of nitrogens with one attached hydrogen (secondary N) is 1. The molecule has 0 aliphatic rings. The van der Waals surface area contributed by atoms with Gasteiger partial charge in [0.2, 0.25) is 0 Å². The standard InChI is InChI=1S/C16H14BrN3/c1-10-15(11-5-3-2-4-6-11)20-16(19-10)13-8-7-12(17)9-14(13)18/h2-9H,18H2,1H3,(H,19,20). The van der Waals surface area contributed by atoms with E-state index in [1.165, 1.54) is 0 Å². The number of aromatic nitrogens is 2. The number of H-pyrrole nitrogens is 1. The van der Waals surface area contributed by atoms with Gasteiger partial charge in [0.15, 0.2) is 0 Å². The van der Waals surface area contributed by atoms with Crippen LogP contribution in [0.4, 0.5) is 5.69 Å². The summed E-state index contributed by atoms with van der Waals surface area (Å²) in [5.41, 5.74) is 10.8. The molecule has 3 rings (SSSR count). The third kappa shape index (κ3) is 2.34. The van der Waals surface area contributed by atoms with E-state index in [2.05, 4.69) is 38.0 Å². The van der Waals surface area contributed by atoms with Gasteiger partial charge in [0.1, 0.15) is 5.82 Å². The van der Waals surface area contributed by atoms with Crippen molar-refractivity contribution >= 4 is 21.6 Å². The van der Waals surface area contributed by atoms with Gasteiger partial charge in [-0.3, -0.25) is 0 Å². The van der Waals surface area contributed by atoms with E-state index in [1.807, 2.05) is 43.3 Å². The SMILES string of the molecule is Cc1[nH]c(-c2ccc(Br)cc2N)nc1-c1ccccc1. The van der Waals surface area contributed by atoms with Gasteiger partial charge in [-0.05, 0) is 25.1 Å². The highest BCUT2D eigenvalue weighted by atomic mass is 79.9.